The third-order valence-corrected chi connectivity index (χ3v) is 3.42. The van der Waals surface area contributed by atoms with E-state index in [2.05, 4.69) is 17.2 Å². The normalized spacial score (nSPS) is 10.6. The van der Waals surface area contributed by atoms with Crippen LogP contribution in [-0.4, -0.2) is 17.6 Å². The molecular formula is C17H23NO2. The molecule has 0 fully saturated rings. The van der Waals surface area contributed by atoms with E-state index in [4.69, 9.17) is 5.11 Å². The average molecular weight is 273 g/mol. The van der Waals surface area contributed by atoms with Crippen LogP contribution in [0.25, 0.3) is 0 Å². The van der Waals surface area contributed by atoms with Crippen molar-refractivity contribution in [3.05, 3.63) is 35.4 Å². The zero-order valence-electron chi connectivity index (χ0n) is 12.5. The summed E-state index contributed by atoms with van der Waals surface area (Å²) in [5.41, 5.74) is 1.55. The van der Waals surface area contributed by atoms with Crippen LogP contribution in [-0.2, 0) is 11.3 Å². The Morgan fingerprint density at radius 2 is 2.05 bits per heavy atom. The van der Waals surface area contributed by atoms with Crippen molar-refractivity contribution in [2.45, 2.75) is 40.2 Å². The molecule has 0 saturated carbocycles. The van der Waals surface area contributed by atoms with Gasteiger partial charge in [-0.1, -0.05) is 50.8 Å². The molecule has 0 aromatic heterocycles. The van der Waals surface area contributed by atoms with Gasteiger partial charge in [0.15, 0.2) is 0 Å². The summed E-state index contributed by atoms with van der Waals surface area (Å²) in [6.45, 7) is 6.43. The standard InChI is InChI=1S/C17H23NO2/c1-4-17(2,3)16(20)18-13-15-11-6-5-9-14(15)10-7-8-12-19/h5-6,9,11,19H,4,8,12-13H2,1-3H3,(H,18,20). The molecule has 0 bridgehead atoms. The molecule has 20 heavy (non-hydrogen) atoms. The lowest BCUT2D eigenvalue weighted by molar-refractivity contribution is -0.129. The quantitative estimate of drug-likeness (QED) is 0.810. The van der Waals surface area contributed by atoms with E-state index in [0.29, 0.717) is 13.0 Å². The van der Waals surface area contributed by atoms with Crippen molar-refractivity contribution in [2.75, 3.05) is 6.61 Å². The molecule has 2 N–H and O–H groups in total. The number of aliphatic hydroxyl groups excluding tert-OH is 1. The van der Waals surface area contributed by atoms with Crippen LogP contribution in [0.2, 0.25) is 0 Å². The minimum absolute atomic E-state index is 0.0538. The number of carbonyl (C=O) groups is 1. The first kappa shape index (κ1) is 16.3. The zero-order chi connectivity index (χ0) is 15.0. The second kappa shape index (κ2) is 7.72. The summed E-state index contributed by atoms with van der Waals surface area (Å²) in [5, 5.41) is 11.7. The van der Waals surface area contributed by atoms with Crippen LogP contribution < -0.4 is 5.32 Å². The van der Waals surface area contributed by atoms with Gasteiger partial charge in [-0.25, -0.2) is 0 Å². The molecule has 0 radical (unpaired) electrons. The highest BCUT2D eigenvalue weighted by atomic mass is 16.2. The fraction of sp³-hybridized carbons (Fsp3) is 0.471. The van der Waals surface area contributed by atoms with Gasteiger partial charge in [-0.2, -0.15) is 0 Å². The van der Waals surface area contributed by atoms with E-state index in [0.717, 1.165) is 17.5 Å². The summed E-state index contributed by atoms with van der Waals surface area (Å²) in [7, 11) is 0. The third-order valence-electron chi connectivity index (χ3n) is 3.42. The number of amides is 1. The molecule has 1 rings (SSSR count). The number of hydrogen-bond donors (Lipinski definition) is 2. The van der Waals surface area contributed by atoms with Crippen molar-refractivity contribution in [1.82, 2.24) is 5.32 Å². The van der Waals surface area contributed by atoms with E-state index < -0.39 is 0 Å². The third kappa shape index (κ3) is 4.71. The van der Waals surface area contributed by atoms with Gasteiger partial charge in [0, 0.05) is 23.9 Å². The molecule has 0 aliphatic rings. The molecular weight excluding hydrogens is 250 g/mol. The molecule has 0 aliphatic carbocycles. The average Bonchev–Trinajstić information content (AvgIpc) is 2.46. The highest BCUT2D eigenvalue weighted by Gasteiger charge is 2.24. The van der Waals surface area contributed by atoms with Crippen molar-refractivity contribution in [3.8, 4) is 11.8 Å². The highest BCUT2D eigenvalue weighted by molar-refractivity contribution is 5.81. The maximum Gasteiger partial charge on any atom is 0.225 e. The van der Waals surface area contributed by atoms with Crippen molar-refractivity contribution < 1.29 is 9.90 Å². The van der Waals surface area contributed by atoms with Crippen LogP contribution in [0, 0.1) is 17.3 Å². The summed E-state index contributed by atoms with van der Waals surface area (Å²) in [5.74, 6) is 5.99. The van der Waals surface area contributed by atoms with Gasteiger partial charge in [0.05, 0.1) is 6.61 Å². The number of benzene rings is 1. The summed E-state index contributed by atoms with van der Waals surface area (Å²) in [4.78, 5) is 12.1. The lowest BCUT2D eigenvalue weighted by Gasteiger charge is -2.21. The minimum Gasteiger partial charge on any atom is -0.395 e. The Bertz CT molecular complexity index is 509. The van der Waals surface area contributed by atoms with Crippen molar-refractivity contribution >= 4 is 5.91 Å². The molecule has 0 spiro atoms. The van der Waals surface area contributed by atoms with Gasteiger partial charge < -0.3 is 10.4 Å². The van der Waals surface area contributed by atoms with Crippen molar-refractivity contribution in [1.29, 1.82) is 0 Å². The molecule has 1 aromatic carbocycles. The lowest BCUT2D eigenvalue weighted by atomic mass is 9.89. The lowest BCUT2D eigenvalue weighted by Crippen LogP contribution is -2.36. The first-order chi connectivity index (χ1) is 9.51. The number of nitrogens with one attached hydrogen (secondary N) is 1. The van der Waals surface area contributed by atoms with E-state index in [9.17, 15) is 4.79 Å². The second-order valence-corrected chi connectivity index (χ2v) is 5.35. The van der Waals surface area contributed by atoms with Crippen molar-refractivity contribution in [3.63, 3.8) is 0 Å². The first-order valence-electron chi connectivity index (χ1n) is 6.97. The van der Waals surface area contributed by atoms with Crippen LogP contribution in [0.5, 0.6) is 0 Å². The molecule has 3 heteroatoms. The second-order valence-electron chi connectivity index (χ2n) is 5.35. The van der Waals surface area contributed by atoms with Crippen LogP contribution in [0.3, 0.4) is 0 Å². The minimum atomic E-state index is -0.350. The SMILES string of the molecule is CCC(C)(C)C(=O)NCc1ccccc1C#CCCO. The molecule has 0 saturated heterocycles. The molecule has 0 aliphatic heterocycles. The largest absolute Gasteiger partial charge is 0.395 e. The molecule has 0 heterocycles. The highest BCUT2D eigenvalue weighted by Crippen LogP contribution is 2.19. The first-order valence-corrected chi connectivity index (χ1v) is 6.97. The fourth-order valence-corrected chi connectivity index (χ4v) is 1.59. The van der Waals surface area contributed by atoms with Crippen LogP contribution in [0.1, 0.15) is 44.7 Å². The van der Waals surface area contributed by atoms with Gasteiger partial charge in [0.2, 0.25) is 5.91 Å². The number of hydrogen-bond acceptors (Lipinski definition) is 2. The molecule has 0 unspecified atom stereocenters. The summed E-state index contributed by atoms with van der Waals surface area (Å²) in [6, 6.07) is 7.74. The maximum absolute atomic E-state index is 12.1. The van der Waals surface area contributed by atoms with Crippen LogP contribution in [0.4, 0.5) is 0 Å². The molecule has 0 atom stereocenters. The maximum atomic E-state index is 12.1. The Kier molecular flexibility index (Phi) is 6.27. The number of carbonyl (C=O) groups excluding carboxylic acids is 1. The van der Waals surface area contributed by atoms with E-state index in [1.54, 1.807) is 0 Å². The topological polar surface area (TPSA) is 49.3 Å². The van der Waals surface area contributed by atoms with E-state index >= 15 is 0 Å². The van der Waals surface area contributed by atoms with Gasteiger partial charge >= 0.3 is 0 Å². The summed E-state index contributed by atoms with van der Waals surface area (Å²) < 4.78 is 0. The molecule has 1 aromatic rings. The Balaban J connectivity index is 2.74. The Labute approximate surface area is 121 Å². The molecule has 3 nitrogen and oxygen atoms in total. The van der Waals surface area contributed by atoms with E-state index in [1.807, 2.05) is 45.0 Å². The van der Waals surface area contributed by atoms with Gasteiger partial charge in [-0.15, -0.1) is 0 Å². The van der Waals surface area contributed by atoms with Gasteiger partial charge in [0.1, 0.15) is 0 Å². The number of rotatable bonds is 5. The fourth-order valence-electron chi connectivity index (χ4n) is 1.59. The van der Waals surface area contributed by atoms with Gasteiger partial charge in [-0.3, -0.25) is 4.79 Å². The Morgan fingerprint density at radius 1 is 1.35 bits per heavy atom. The van der Waals surface area contributed by atoms with Gasteiger partial charge in [-0.05, 0) is 18.1 Å². The summed E-state index contributed by atoms with van der Waals surface area (Å²) in [6.07, 6.45) is 1.26. The molecule has 1 amide bonds. The van der Waals surface area contributed by atoms with E-state index in [1.165, 1.54) is 0 Å². The Morgan fingerprint density at radius 3 is 2.70 bits per heavy atom. The Hall–Kier alpha value is -1.79. The monoisotopic (exact) mass is 273 g/mol. The molecule has 108 valence electrons. The summed E-state index contributed by atoms with van der Waals surface area (Å²) >= 11 is 0. The smallest absolute Gasteiger partial charge is 0.225 e. The van der Waals surface area contributed by atoms with Crippen LogP contribution in [0.15, 0.2) is 24.3 Å². The predicted octanol–water partition coefficient (Wildman–Crippen LogP) is 2.47. The van der Waals surface area contributed by atoms with Crippen LogP contribution >= 0.6 is 0 Å². The number of aliphatic hydroxyl groups is 1. The van der Waals surface area contributed by atoms with Gasteiger partial charge in [0.25, 0.3) is 0 Å². The zero-order valence-corrected chi connectivity index (χ0v) is 12.5. The predicted molar refractivity (Wildman–Crippen MR) is 80.9 cm³/mol. The van der Waals surface area contributed by atoms with Crippen molar-refractivity contribution in [2.24, 2.45) is 5.41 Å². The van der Waals surface area contributed by atoms with E-state index in [-0.39, 0.29) is 17.9 Å².